The van der Waals surface area contributed by atoms with Gasteiger partial charge in [-0.05, 0) is 33.1 Å². The maximum Gasteiger partial charge on any atom is 0.229 e. The van der Waals surface area contributed by atoms with Crippen LogP contribution in [-0.2, 0) is 4.79 Å². The number of hydrogen-bond acceptors (Lipinski definition) is 2. The standard InChI is InChI=1S/C10H18N2OS/c1-7-4-3-5-8(2)12(7)10(13)6-9(11)14/h7-8H,3-6H2,1-2H3,(H2,11,14)/t7-,8+. The van der Waals surface area contributed by atoms with E-state index in [1.165, 1.54) is 6.42 Å². The second-order valence-corrected chi connectivity index (χ2v) is 4.60. The first kappa shape index (κ1) is 11.4. The van der Waals surface area contributed by atoms with Crippen molar-refractivity contribution in [3.63, 3.8) is 0 Å². The van der Waals surface area contributed by atoms with Gasteiger partial charge in [-0.15, -0.1) is 0 Å². The number of nitrogens with zero attached hydrogens (tertiary/aromatic N) is 1. The lowest BCUT2D eigenvalue weighted by Gasteiger charge is -2.39. The molecule has 1 aliphatic rings. The van der Waals surface area contributed by atoms with Crippen molar-refractivity contribution >= 4 is 23.1 Å². The van der Waals surface area contributed by atoms with Crippen molar-refractivity contribution in [2.24, 2.45) is 5.73 Å². The molecule has 0 bridgehead atoms. The highest BCUT2D eigenvalue weighted by atomic mass is 32.1. The van der Waals surface area contributed by atoms with E-state index in [4.69, 9.17) is 18.0 Å². The Labute approximate surface area is 90.6 Å². The van der Waals surface area contributed by atoms with E-state index in [9.17, 15) is 4.79 Å². The van der Waals surface area contributed by atoms with E-state index in [0.29, 0.717) is 17.1 Å². The molecule has 0 saturated carbocycles. The van der Waals surface area contributed by atoms with Crippen molar-refractivity contribution < 1.29 is 4.79 Å². The van der Waals surface area contributed by atoms with Crippen molar-refractivity contribution in [1.82, 2.24) is 4.90 Å². The van der Waals surface area contributed by atoms with Gasteiger partial charge in [0.1, 0.15) is 0 Å². The molecule has 80 valence electrons. The summed E-state index contributed by atoms with van der Waals surface area (Å²) in [6.07, 6.45) is 3.60. The minimum absolute atomic E-state index is 0.0807. The van der Waals surface area contributed by atoms with Crippen LogP contribution < -0.4 is 5.73 Å². The molecule has 0 aromatic carbocycles. The smallest absolute Gasteiger partial charge is 0.229 e. The molecule has 4 heteroatoms. The average Bonchev–Trinajstić information content (AvgIpc) is 2.01. The van der Waals surface area contributed by atoms with E-state index >= 15 is 0 Å². The first-order chi connectivity index (χ1) is 6.52. The Kier molecular flexibility index (Phi) is 3.86. The van der Waals surface area contributed by atoms with Crippen LogP contribution in [0, 0.1) is 0 Å². The summed E-state index contributed by atoms with van der Waals surface area (Å²) in [5.74, 6) is 0.0807. The molecule has 1 saturated heterocycles. The zero-order chi connectivity index (χ0) is 10.7. The fourth-order valence-corrected chi connectivity index (χ4v) is 2.28. The predicted molar refractivity (Wildman–Crippen MR) is 61.0 cm³/mol. The molecule has 1 aliphatic heterocycles. The molecule has 1 heterocycles. The van der Waals surface area contributed by atoms with Crippen molar-refractivity contribution in [2.45, 2.75) is 51.6 Å². The molecule has 0 spiro atoms. The molecule has 2 atom stereocenters. The molecule has 0 radical (unpaired) electrons. The van der Waals surface area contributed by atoms with Crippen LogP contribution in [0.3, 0.4) is 0 Å². The Morgan fingerprint density at radius 2 is 1.93 bits per heavy atom. The molecule has 0 aliphatic carbocycles. The maximum absolute atomic E-state index is 11.8. The Balaban J connectivity index is 2.62. The molecule has 0 unspecified atom stereocenters. The Morgan fingerprint density at radius 1 is 1.43 bits per heavy atom. The summed E-state index contributed by atoms with van der Waals surface area (Å²) in [7, 11) is 0. The second kappa shape index (κ2) is 4.73. The number of thiocarbonyl (C=S) groups is 1. The number of amides is 1. The second-order valence-electron chi connectivity index (χ2n) is 4.07. The van der Waals surface area contributed by atoms with Crippen LogP contribution in [0.2, 0.25) is 0 Å². The maximum atomic E-state index is 11.8. The molecule has 3 nitrogen and oxygen atoms in total. The molecule has 1 rings (SSSR count). The van der Waals surface area contributed by atoms with Gasteiger partial charge in [0, 0.05) is 12.1 Å². The number of hydrogen-bond donors (Lipinski definition) is 1. The first-order valence-corrected chi connectivity index (χ1v) is 5.52. The first-order valence-electron chi connectivity index (χ1n) is 5.12. The normalized spacial score (nSPS) is 27.4. The molecular formula is C10H18N2OS. The molecule has 2 N–H and O–H groups in total. The van der Waals surface area contributed by atoms with Crippen molar-refractivity contribution in [2.75, 3.05) is 0 Å². The fraction of sp³-hybridized carbons (Fsp3) is 0.800. The van der Waals surface area contributed by atoms with Gasteiger partial charge in [0.05, 0.1) is 11.4 Å². The van der Waals surface area contributed by atoms with Gasteiger partial charge >= 0.3 is 0 Å². The highest BCUT2D eigenvalue weighted by Crippen LogP contribution is 2.22. The van der Waals surface area contributed by atoms with E-state index in [-0.39, 0.29) is 12.3 Å². The highest BCUT2D eigenvalue weighted by molar-refractivity contribution is 7.80. The lowest BCUT2D eigenvalue weighted by atomic mass is 9.97. The van der Waals surface area contributed by atoms with Gasteiger partial charge in [-0.3, -0.25) is 4.79 Å². The number of rotatable bonds is 2. The summed E-state index contributed by atoms with van der Waals surface area (Å²) in [5, 5.41) is 0. The summed E-state index contributed by atoms with van der Waals surface area (Å²) >= 11 is 4.75. The van der Waals surface area contributed by atoms with E-state index in [1.54, 1.807) is 0 Å². The van der Waals surface area contributed by atoms with Gasteiger partial charge in [-0.2, -0.15) is 0 Å². The number of piperidine rings is 1. The van der Waals surface area contributed by atoms with E-state index in [1.807, 2.05) is 4.90 Å². The third-order valence-corrected chi connectivity index (χ3v) is 2.95. The van der Waals surface area contributed by atoms with Crippen molar-refractivity contribution in [3.05, 3.63) is 0 Å². The van der Waals surface area contributed by atoms with E-state index < -0.39 is 0 Å². The Morgan fingerprint density at radius 3 is 2.36 bits per heavy atom. The van der Waals surface area contributed by atoms with Gasteiger partial charge in [-0.25, -0.2) is 0 Å². The van der Waals surface area contributed by atoms with E-state index in [2.05, 4.69) is 13.8 Å². The van der Waals surface area contributed by atoms with Gasteiger partial charge in [-0.1, -0.05) is 12.2 Å². The summed E-state index contributed by atoms with van der Waals surface area (Å²) in [6, 6.07) is 0.668. The molecular weight excluding hydrogens is 196 g/mol. The zero-order valence-corrected chi connectivity index (χ0v) is 9.64. The average molecular weight is 214 g/mol. The topological polar surface area (TPSA) is 46.3 Å². The fourth-order valence-electron chi connectivity index (χ4n) is 2.15. The van der Waals surface area contributed by atoms with Crippen LogP contribution in [0.5, 0.6) is 0 Å². The minimum Gasteiger partial charge on any atom is -0.393 e. The summed E-state index contributed by atoms with van der Waals surface area (Å²) < 4.78 is 0. The number of nitrogens with two attached hydrogens (primary N) is 1. The SMILES string of the molecule is C[C@@H]1CCC[C@H](C)N1C(=O)CC(N)=S. The Hall–Kier alpha value is -0.640. The number of carbonyl (C=O) groups excluding carboxylic acids is 1. The quantitative estimate of drug-likeness (QED) is 0.708. The van der Waals surface area contributed by atoms with Gasteiger partial charge in [0.25, 0.3) is 0 Å². The molecule has 14 heavy (non-hydrogen) atoms. The Bertz CT molecular complexity index is 232. The van der Waals surface area contributed by atoms with Gasteiger partial charge in [0.2, 0.25) is 5.91 Å². The third kappa shape index (κ3) is 2.67. The largest absolute Gasteiger partial charge is 0.393 e. The molecule has 1 fully saturated rings. The van der Waals surface area contributed by atoms with Crippen LogP contribution >= 0.6 is 12.2 Å². The van der Waals surface area contributed by atoms with Crippen LogP contribution in [0.25, 0.3) is 0 Å². The van der Waals surface area contributed by atoms with Crippen molar-refractivity contribution in [3.8, 4) is 0 Å². The molecule has 1 amide bonds. The minimum atomic E-state index is 0.0807. The highest BCUT2D eigenvalue weighted by Gasteiger charge is 2.28. The third-order valence-electron chi connectivity index (χ3n) is 2.81. The predicted octanol–water partition coefficient (Wildman–Crippen LogP) is 1.45. The van der Waals surface area contributed by atoms with Gasteiger partial charge < -0.3 is 10.6 Å². The van der Waals surface area contributed by atoms with Crippen LogP contribution in [0.4, 0.5) is 0 Å². The van der Waals surface area contributed by atoms with Crippen LogP contribution in [0.15, 0.2) is 0 Å². The summed E-state index contributed by atoms with van der Waals surface area (Å²) in [5.41, 5.74) is 5.37. The van der Waals surface area contributed by atoms with Crippen LogP contribution in [-0.4, -0.2) is 27.9 Å². The lowest BCUT2D eigenvalue weighted by molar-refractivity contribution is -0.135. The lowest BCUT2D eigenvalue weighted by Crippen LogP contribution is -2.48. The zero-order valence-electron chi connectivity index (χ0n) is 8.82. The molecule has 0 aromatic heterocycles. The summed E-state index contributed by atoms with van der Waals surface area (Å²) in [6.45, 7) is 4.18. The summed E-state index contributed by atoms with van der Waals surface area (Å²) in [4.78, 5) is 14.0. The van der Waals surface area contributed by atoms with Crippen molar-refractivity contribution in [1.29, 1.82) is 0 Å². The molecule has 0 aromatic rings. The number of carbonyl (C=O) groups is 1. The van der Waals surface area contributed by atoms with Crippen LogP contribution in [0.1, 0.15) is 39.5 Å². The number of likely N-dealkylation sites (tertiary alicyclic amines) is 1. The van der Waals surface area contributed by atoms with E-state index in [0.717, 1.165) is 12.8 Å². The van der Waals surface area contributed by atoms with Gasteiger partial charge in [0.15, 0.2) is 0 Å². The monoisotopic (exact) mass is 214 g/mol.